The van der Waals surface area contributed by atoms with E-state index in [1.165, 1.54) is 6.20 Å². The summed E-state index contributed by atoms with van der Waals surface area (Å²) < 4.78 is 70.1. The minimum absolute atomic E-state index is 0.0372. The molecule has 1 saturated heterocycles. The topological polar surface area (TPSA) is 92.9 Å². The van der Waals surface area contributed by atoms with E-state index in [9.17, 15) is 24.2 Å². The van der Waals surface area contributed by atoms with Crippen molar-refractivity contribution in [2.45, 2.75) is 23.7 Å². The van der Waals surface area contributed by atoms with Crippen LogP contribution in [0.1, 0.15) is 19.2 Å². The third kappa shape index (κ3) is 4.04. The molecule has 1 fully saturated rings. The molecule has 3 aromatic rings. The van der Waals surface area contributed by atoms with E-state index in [1.54, 1.807) is 19.1 Å². The Morgan fingerprint density at radius 1 is 1.10 bits per heavy atom. The average molecular weight is 461 g/mol. The molecule has 1 aliphatic rings. The lowest BCUT2D eigenvalue weighted by atomic mass is 9.89. The number of rotatable bonds is 5. The largest absolute Gasteiger partial charge is 0.419 e. The van der Waals surface area contributed by atoms with E-state index in [1.807, 2.05) is 0 Å². The Labute approximate surface area is 172 Å². The number of carbonyl (C=O) groups excluding carboxylic acids is 1. The highest BCUT2D eigenvalue weighted by Gasteiger charge is 2.65. The summed E-state index contributed by atoms with van der Waals surface area (Å²) in [5.74, 6) is 0.0674. The van der Waals surface area contributed by atoms with Gasteiger partial charge < -0.3 is 15.1 Å². The first-order chi connectivity index (χ1) is 14.3. The smallest absolute Gasteiger partial charge is 0.310 e. The fourth-order valence-electron chi connectivity index (χ4n) is 3.10. The van der Waals surface area contributed by atoms with Crippen LogP contribution in [0, 0.1) is 0 Å². The summed E-state index contributed by atoms with van der Waals surface area (Å²) >= 11 is 0. The van der Waals surface area contributed by atoms with Crippen LogP contribution in [0.2, 0.25) is 0 Å². The second kappa shape index (κ2) is 6.15. The van der Waals surface area contributed by atoms with E-state index < -0.39 is 20.5 Å². The Balaban J connectivity index is 1.63. The summed E-state index contributed by atoms with van der Waals surface area (Å²) in [6.07, 6.45) is 1.89. The highest BCUT2D eigenvalue weighted by molar-refractivity contribution is 8.45. The second-order valence-corrected chi connectivity index (χ2v) is 9.68. The highest BCUT2D eigenvalue weighted by atomic mass is 32.5. The van der Waals surface area contributed by atoms with Crippen molar-refractivity contribution in [2.75, 3.05) is 11.9 Å². The zero-order chi connectivity index (χ0) is 22.6. The van der Waals surface area contributed by atoms with Gasteiger partial charge >= 0.3 is 10.2 Å². The maximum Gasteiger partial charge on any atom is 0.310 e. The highest BCUT2D eigenvalue weighted by Crippen LogP contribution is 3.02. The minimum Gasteiger partial charge on any atom is -0.419 e. The summed E-state index contributed by atoms with van der Waals surface area (Å²) in [5, 5.41) is 13.4. The van der Waals surface area contributed by atoms with Crippen LogP contribution in [0.5, 0.6) is 0 Å². The third-order valence-corrected chi connectivity index (χ3v) is 6.07. The van der Waals surface area contributed by atoms with Gasteiger partial charge in [-0.05, 0) is 49.7 Å². The first kappa shape index (κ1) is 21.0. The van der Waals surface area contributed by atoms with Crippen molar-refractivity contribution >= 4 is 27.6 Å². The molecule has 0 spiro atoms. The molecule has 0 unspecified atom stereocenters. The van der Waals surface area contributed by atoms with Crippen molar-refractivity contribution in [3.8, 4) is 11.5 Å². The predicted molar refractivity (Wildman–Crippen MR) is 104 cm³/mol. The molecule has 1 amide bonds. The van der Waals surface area contributed by atoms with E-state index in [-0.39, 0.29) is 29.2 Å². The second-order valence-electron chi connectivity index (χ2n) is 7.27. The molecule has 31 heavy (non-hydrogen) atoms. The van der Waals surface area contributed by atoms with E-state index >= 15 is 0 Å². The lowest BCUT2D eigenvalue weighted by Gasteiger charge is -2.40. The normalized spacial score (nSPS) is 21.3. The standard InChI is InChI=1S/C18H16F5N5O2S/c1-18(8-10-25-16(18)29)17-28-27-15(30-17)13-3-2-9-24-14(13)26-11-4-6-12(7-5-11)31(19,20,21,22)23/h2-7,9H,8,10H2,1H3,(H,24,26)(H,25,29)/t18-/m1/s1. The van der Waals surface area contributed by atoms with Gasteiger partial charge in [0.05, 0.1) is 5.56 Å². The fraction of sp³-hybridized carbons (Fsp3) is 0.222. The number of anilines is 2. The molecular formula is C18H16F5N5O2S. The monoisotopic (exact) mass is 461 g/mol. The number of nitrogens with zero attached hydrogens (tertiary/aromatic N) is 3. The Kier molecular flexibility index (Phi) is 4.17. The van der Waals surface area contributed by atoms with Crippen molar-refractivity contribution in [1.82, 2.24) is 20.5 Å². The van der Waals surface area contributed by atoms with Gasteiger partial charge in [0.2, 0.25) is 11.8 Å². The molecule has 4 rings (SSSR count). The van der Waals surface area contributed by atoms with E-state index in [2.05, 4.69) is 25.8 Å². The van der Waals surface area contributed by atoms with Gasteiger partial charge in [-0.15, -0.1) is 10.2 Å². The molecular weight excluding hydrogens is 445 g/mol. The fourth-order valence-corrected chi connectivity index (χ4v) is 3.75. The lowest BCUT2D eigenvalue weighted by molar-refractivity contribution is -0.124. The molecule has 3 heterocycles. The zero-order valence-electron chi connectivity index (χ0n) is 15.9. The molecule has 166 valence electrons. The molecule has 0 aliphatic carbocycles. The minimum atomic E-state index is -9.75. The molecule has 0 radical (unpaired) electrons. The molecule has 7 nitrogen and oxygen atoms in total. The number of hydrogen-bond acceptors (Lipinski definition) is 6. The van der Waals surface area contributed by atoms with Gasteiger partial charge in [0.25, 0.3) is 5.89 Å². The first-order valence-electron chi connectivity index (χ1n) is 8.95. The van der Waals surface area contributed by atoms with Gasteiger partial charge in [0, 0.05) is 18.4 Å². The maximum atomic E-state index is 12.9. The van der Waals surface area contributed by atoms with Gasteiger partial charge in [0.1, 0.15) is 16.1 Å². The van der Waals surface area contributed by atoms with Crippen LogP contribution in [-0.4, -0.2) is 27.6 Å². The van der Waals surface area contributed by atoms with Crippen LogP contribution in [0.25, 0.3) is 11.5 Å². The van der Waals surface area contributed by atoms with Gasteiger partial charge in [-0.3, -0.25) is 4.79 Å². The van der Waals surface area contributed by atoms with Crippen LogP contribution >= 0.6 is 10.2 Å². The first-order valence-corrected chi connectivity index (χ1v) is 10.9. The Bertz CT molecular complexity index is 1170. The Morgan fingerprint density at radius 3 is 2.42 bits per heavy atom. The van der Waals surface area contributed by atoms with Crippen LogP contribution in [0.3, 0.4) is 0 Å². The number of amides is 1. The number of pyridine rings is 1. The van der Waals surface area contributed by atoms with Crippen LogP contribution in [-0.2, 0) is 10.2 Å². The molecule has 0 bridgehead atoms. The van der Waals surface area contributed by atoms with Gasteiger partial charge in [-0.25, -0.2) is 4.98 Å². The molecule has 13 heteroatoms. The van der Waals surface area contributed by atoms with E-state index in [0.717, 1.165) is 12.1 Å². The Morgan fingerprint density at radius 2 is 1.81 bits per heavy atom. The Hall–Kier alpha value is -3.22. The zero-order valence-corrected chi connectivity index (χ0v) is 16.7. The lowest BCUT2D eigenvalue weighted by Crippen LogP contribution is -2.32. The number of benzene rings is 1. The van der Waals surface area contributed by atoms with Gasteiger partial charge in [-0.2, -0.15) is 0 Å². The summed E-state index contributed by atoms with van der Waals surface area (Å²) in [5.41, 5.74) is -0.560. The SMILES string of the molecule is C[C@@]1(c2nnc(-c3cccnc3Nc3ccc(S(F)(F)(F)(F)F)cc3)o2)CCNC1=O. The van der Waals surface area contributed by atoms with E-state index in [4.69, 9.17) is 4.42 Å². The summed E-state index contributed by atoms with van der Waals surface area (Å²) in [6.45, 7) is 2.15. The van der Waals surface area contributed by atoms with Crippen molar-refractivity contribution in [3.05, 3.63) is 48.5 Å². The van der Waals surface area contributed by atoms with Crippen molar-refractivity contribution in [1.29, 1.82) is 0 Å². The number of nitrogens with one attached hydrogen (secondary N) is 2. The molecule has 2 N–H and O–H groups in total. The summed E-state index contributed by atoms with van der Waals surface area (Å²) in [6, 6.07) is 5.50. The quantitative estimate of drug-likeness (QED) is 0.501. The molecule has 0 saturated carbocycles. The number of hydrogen-bond donors (Lipinski definition) is 2. The number of halogens is 5. The van der Waals surface area contributed by atoms with Crippen LogP contribution in [0.4, 0.5) is 30.9 Å². The molecule has 2 aromatic heterocycles. The van der Waals surface area contributed by atoms with Crippen LogP contribution < -0.4 is 10.6 Å². The van der Waals surface area contributed by atoms with Crippen LogP contribution in [0.15, 0.2) is 51.9 Å². The predicted octanol–water partition coefficient (Wildman–Crippen LogP) is 5.31. The summed E-state index contributed by atoms with van der Waals surface area (Å²) in [4.78, 5) is 14.2. The van der Waals surface area contributed by atoms with E-state index in [0.29, 0.717) is 30.7 Å². The van der Waals surface area contributed by atoms with Gasteiger partial charge in [-0.1, -0.05) is 19.4 Å². The number of carbonyl (C=O) groups is 1. The van der Waals surface area contributed by atoms with Crippen molar-refractivity contribution < 1.29 is 28.6 Å². The molecule has 1 aliphatic heterocycles. The van der Waals surface area contributed by atoms with Crippen molar-refractivity contribution in [2.24, 2.45) is 0 Å². The number of aromatic nitrogens is 3. The molecule has 1 aromatic carbocycles. The third-order valence-electron chi connectivity index (χ3n) is 4.91. The average Bonchev–Trinajstić information content (AvgIpc) is 3.29. The maximum absolute atomic E-state index is 12.9. The van der Waals surface area contributed by atoms with Gasteiger partial charge in [0.15, 0.2) is 0 Å². The molecule has 1 atom stereocenters. The summed E-state index contributed by atoms with van der Waals surface area (Å²) in [7, 11) is -9.75. The van der Waals surface area contributed by atoms with Crippen molar-refractivity contribution in [3.63, 3.8) is 0 Å².